The highest BCUT2D eigenvalue weighted by atomic mass is 79.9. The van der Waals surface area contributed by atoms with E-state index in [0.29, 0.717) is 23.6 Å². The second kappa shape index (κ2) is 5.29. The zero-order chi connectivity index (χ0) is 15.3. The van der Waals surface area contributed by atoms with Crippen molar-refractivity contribution in [3.8, 4) is 0 Å². The SMILES string of the molecule is COC(=O)c1cc(Br)c2c(c1)C1CCC(N)C1N2C(C)C. The monoisotopic (exact) mass is 352 g/mol. The van der Waals surface area contributed by atoms with Gasteiger partial charge in [0.2, 0.25) is 0 Å². The number of halogens is 1. The van der Waals surface area contributed by atoms with Crippen LogP contribution in [0.25, 0.3) is 0 Å². The predicted molar refractivity (Wildman–Crippen MR) is 86.8 cm³/mol. The van der Waals surface area contributed by atoms with E-state index in [-0.39, 0.29) is 12.0 Å². The molecule has 1 aromatic carbocycles. The molecule has 2 aliphatic rings. The molecule has 0 spiro atoms. The number of carbonyl (C=O) groups excluding carboxylic acids is 1. The average molecular weight is 353 g/mol. The molecule has 1 saturated carbocycles. The van der Waals surface area contributed by atoms with E-state index in [2.05, 4.69) is 34.7 Å². The Morgan fingerprint density at radius 3 is 2.76 bits per heavy atom. The van der Waals surface area contributed by atoms with Crippen LogP contribution in [0.15, 0.2) is 16.6 Å². The zero-order valence-corrected chi connectivity index (χ0v) is 14.2. The van der Waals surface area contributed by atoms with Crippen molar-refractivity contribution in [3.05, 3.63) is 27.7 Å². The third-order valence-electron chi connectivity index (χ3n) is 4.71. The van der Waals surface area contributed by atoms with E-state index >= 15 is 0 Å². The molecule has 0 amide bonds. The number of fused-ring (bicyclic) bond motifs is 3. The largest absolute Gasteiger partial charge is 0.465 e. The number of rotatable bonds is 2. The number of anilines is 1. The molecule has 3 rings (SSSR count). The summed E-state index contributed by atoms with van der Waals surface area (Å²) in [5.74, 6) is 0.124. The average Bonchev–Trinajstić information content (AvgIpc) is 2.97. The molecule has 5 heteroatoms. The first-order valence-electron chi connectivity index (χ1n) is 7.41. The molecule has 0 radical (unpaired) electrons. The van der Waals surface area contributed by atoms with Crippen LogP contribution in [0.3, 0.4) is 0 Å². The van der Waals surface area contributed by atoms with Gasteiger partial charge >= 0.3 is 5.97 Å². The van der Waals surface area contributed by atoms with Gasteiger partial charge in [-0.3, -0.25) is 0 Å². The van der Waals surface area contributed by atoms with E-state index in [9.17, 15) is 4.79 Å². The lowest BCUT2D eigenvalue weighted by molar-refractivity contribution is 0.0600. The summed E-state index contributed by atoms with van der Waals surface area (Å²) < 4.78 is 5.81. The highest BCUT2D eigenvalue weighted by Gasteiger charge is 2.47. The lowest BCUT2D eigenvalue weighted by Gasteiger charge is -2.34. The first-order valence-corrected chi connectivity index (χ1v) is 8.20. The lowest BCUT2D eigenvalue weighted by Crippen LogP contribution is -2.47. The van der Waals surface area contributed by atoms with Crippen molar-refractivity contribution in [2.45, 2.75) is 50.7 Å². The number of hydrogen-bond donors (Lipinski definition) is 1. The topological polar surface area (TPSA) is 55.6 Å². The highest BCUT2D eigenvalue weighted by molar-refractivity contribution is 9.10. The van der Waals surface area contributed by atoms with Gasteiger partial charge in [-0.1, -0.05) is 0 Å². The van der Waals surface area contributed by atoms with Gasteiger partial charge in [0.1, 0.15) is 0 Å². The van der Waals surface area contributed by atoms with Gasteiger partial charge in [0.25, 0.3) is 0 Å². The van der Waals surface area contributed by atoms with E-state index in [4.69, 9.17) is 10.5 Å². The van der Waals surface area contributed by atoms with Crippen LogP contribution in [0.1, 0.15) is 48.5 Å². The Balaban J connectivity index is 2.15. The minimum atomic E-state index is -0.291. The zero-order valence-electron chi connectivity index (χ0n) is 12.6. The number of nitrogens with two attached hydrogens (primary N) is 1. The van der Waals surface area contributed by atoms with E-state index in [1.807, 2.05) is 12.1 Å². The van der Waals surface area contributed by atoms with Crippen molar-refractivity contribution in [1.82, 2.24) is 0 Å². The summed E-state index contributed by atoms with van der Waals surface area (Å²) >= 11 is 3.64. The van der Waals surface area contributed by atoms with Crippen LogP contribution in [-0.4, -0.2) is 31.2 Å². The van der Waals surface area contributed by atoms with Crippen LogP contribution in [0, 0.1) is 0 Å². The van der Waals surface area contributed by atoms with Crippen LogP contribution in [0.2, 0.25) is 0 Å². The van der Waals surface area contributed by atoms with Gasteiger partial charge in [-0.2, -0.15) is 0 Å². The predicted octanol–water partition coefficient (Wildman–Crippen LogP) is 3.04. The Morgan fingerprint density at radius 1 is 1.43 bits per heavy atom. The van der Waals surface area contributed by atoms with Gasteiger partial charge in [-0.15, -0.1) is 0 Å². The number of carbonyl (C=O) groups is 1. The summed E-state index contributed by atoms with van der Waals surface area (Å²) in [5.41, 5.74) is 9.39. The molecule has 3 unspecified atom stereocenters. The Bertz CT molecular complexity index is 588. The Morgan fingerprint density at radius 2 is 2.14 bits per heavy atom. The normalized spacial score (nSPS) is 27.0. The minimum Gasteiger partial charge on any atom is -0.465 e. The molecular formula is C16H21BrN2O2. The lowest BCUT2D eigenvalue weighted by atomic mass is 9.95. The molecule has 1 aliphatic carbocycles. The summed E-state index contributed by atoms with van der Waals surface area (Å²) in [6.07, 6.45) is 2.12. The van der Waals surface area contributed by atoms with Crippen LogP contribution in [-0.2, 0) is 4.74 Å². The van der Waals surface area contributed by atoms with E-state index in [1.54, 1.807) is 0 Å². The van der Waals surface area contributed by atoms with Gasteiger partial charge in [-0.05, 0) is 60.3 Å². The van der Waals surface area contributed by atoms with Gasteiger partial charge in [0.15, 0.2) is 0 Å². The van der Waals surface area contributed by atoms with Crippen molar-refractivity contribution < 1.29 is 9.53 Å². The summed E-state index contributed by atoms with van der Waals surface area (Å²) in [6.45, 7) is 4.38. The maximum Gasteiger partial charge on any atom is 0.337 e. The fourth-order valence-electron chi connectivity index (χ4n) is 3.91. The number of benzene rings is 1. The Hall–Kier alpha value is -1.07. The number of hydrogen-bond acceptors (Lipinski definition) is 4. The van der Waals surface area contributed by atoms with Crippen molar-refractivity contribution in [2.75, 3.05) is 12.0 Å². The fourth-order valence-corrected chi connectivity index (χ4v) is 4.59. The standard InChI is InChI=1S/C16H21BrN2O2/c1-8(2)19-14-11(10-4-5-13(18)15(10)19)6-9(7-12(14)17)16(20)21-3/h6-8,10,13,15H,4-5,18H2,1-3H3. The summed E-state index contributed by atoms with van der Waals surface area (Å²) in [6, 6.07) is 4.75. The van der Waals surface area contributed by atoms with E-state index in [1.165, 1.54) is 18.4 Å². The van der Waals surface area contributed by atoms with Crippen molar-refractivity contribution in [1.29, 1.82) is 0 Å². The molecule has 1 heterocycles. The second-order valence-corrected chi connectivity index (χ2v) is 7.08. The maximum atomic E-state index is 11.9. The quantitative estimate of drug-likeness (QED) is 0.831. The molecule has 4 nitrogen and oxygen atoms in total. The molecular weight excluding hydrogens is 332 g/mol. The van der Waals surface area contributed by atoms with Crippen molar-refractivity contribution >= 4 is 27.6 Å². The highest BCUT2D eigenvalue weighted by Crippen LogP contribution is 2.52. The number of ether oxygens (including phenoxy) is 1. The van der Waals surface area contributed by atoms with Gasteiger partial charge in [0.05, 0.1) is 24.4 Å². The molecule has 3 atom stereocenters. The number of esters is 1. The van der Waals surface area contributed by atoms with Gasteiger partial charge in [-0.25, -0.2) is 4.79 Å². The van der Waals surface area contributed by atoms with Crippen LogP contribution in [0.4, 0.5) is 5.69 Å². The van der Waals surface area contributed by atoms with Crippen molar-refractivity contribution in [3.63, 3.8) is 0 Å². The van der Waals surface area contributed by atoms with E-state index < -0.39 is 0 Å². The smallest absolute Gasteiger partial charge is 0.337 e. The van der Waals surface area contributed by atoms with Crippen LogP contribution in [0.5, 0.6) is 0 Å². The molecule has 114 valence electrons. The van der Waals surface area contributed by atoms with Gasteiger partial charge in [0, 0.05) is 22.5 Å². The molecule has 0 aromatic heterocycles. The molecule has 2 N–H and O–H groups in total. The Labute approximate surface area is 133 Å². The molecule has 1 aromatic rings. The maximum absolute atomic E-state index is 11.9. The van der Waals surface area contributed by atoms with Gasteiger partial charge < -0.3 is 15.4 Å². The minimum absolute atomic E-state index is 0.193. The molecule has 21 heavy (non-hydrogen) atoms. The summed E-state index contributed by atoms with van der Waals surface area (Å²) in [5, 5.41) is 0. The molecule has 1 aliphatic heterocycles. The third-order valence-corrected chi connectivity index (χ3v) is 5.32. The fraction of sp³-hybridized carbons (Fsp3) is 0.562. The van der Waals surface area contributed by atoms with E-state index in [0.717, 1.165) is 17.3 Å². The number of methoxy groups -OCH3 is 1. The van der Waals surface area contributed by atoms with Crippen LogP contribution >= 0.6 is 15.9 Å². The first-order chi connectivity index (χ1) is 9.95. The second-order valence-electron chi connectivity index (χ2n) is 6.23. The molecule has 0 bridgehead atoms. The first kappa shape index (κ1) is 14.9. The van der Waals surface area contributed by atoms with Crippen molar-refractivity contribution in [2.24, 2.45) is 5.73 Å². The third kappa shape index (κ3) is 2.18. The van der Waals surface area contributed by atoms with Crippen LogP contribution < -0.4 is 10.6 Å². The molecule has 1 fully saturated rings. The number of nitrogens with zero attached hydrogens (tertiary/aromatic N) is 1. The Kier molecular flexibility index (Phi) is 3.74. The summed E-state index contributed by atoms with van der Waals surface area (Å²) in [7, 11) is 1.41. The molecule has 0 saturated heterocycles. The summed E-state index contributed by atoms with van der Waals surface area (Å²) in [4.78, 5) is 14.3.